The molecule has 18 heavy (non-hydrogen) atoms. The zero-order valence-electron chi connectivity index (χ0n) is 10.5. The quantitative estimate of drug-likeness (QED) is 0.818. The van der Waals surface area contributed by atoms with Crippen LogP contribution < -0.4 is 5.32 Å². The number of nitrogens with one attached hydrogen (secondary N) is 1. The third-order valence-electron chi connectivity index (χ3n) is 2.86. The summed E-state index contributed by atoms with van der Waals surface area (Å²) in [6, 6.07) is -0.455. The Morgan fingerprint density at radius 1 is 1.50 bits per heavy atom. The van der Waals surface area contributed by atoms with Gasteiger partial charge in [-0.15, -0.1) is 0 Å². The van der Waals surface area contributed by atoms with Crippen molar-refractivity contribution < 1.29 is 14.1 Å². The lowest BCUT2D eigenvalue weighted by Crippen LogP contribution is -2.43. The molecule has 1 atom stereocenters. The summed E-state index contributed by atoms with van der Waals surface area (Å²) >= 11 is 0. The first-order valence-corrected chi connectivity index (χ1v) is 5.97. The first-order valence-electron chi connectivity index (χ1n) is 5.97. The number of aryl methyl sites for hydroxylation is 1. The molecular formula is C11H16N4O3. The van der Waals surface area contributed by atoms with Crippen LogP contribution in [0.5, 0.6) is 0 Å². The highest BCUT2D eigenvalue weighted by atomic mass is 16.5. The Bertz CT molecular complexity index is 457. The molecule has 1 N–H and O–H groups in total. The topological polar surface area (TPSA) is 88.3 Å². The van der Waals surface area contributed by atoms with Gasteiger partial charge in [0, 0.05) is 13.0 Å². The lowest BCUT2D eigenvalue weighted by atomic mass is 10.2. The average molecular weight is 252 g/mol. The molecule has 1 fully saturated rings. The maximum atomic E-state index is 12.2. The Labute approximate surface area is 105 Å². The second kappa shape index (κ2) is 5.16. The van der Waals surface area contributed by atoms with Gasteiger partial charge in [0.2, 0.25) is 17.7 Å². The molecule has 7 heteroatoms. The summed E-state index contributed by atoms with van der Waals surface area (Å²) in [6.07, 6.45) is 0.874. The van der Waals surface area contributed by atoms with Gasteiger partial charge < -0.3 is 14.7 Å². The molecule has 2 heterocycles. The van der Waals surface area contributed by atoms with Gasteiger partial charge in [0.25, 0.3) is 0 Å². The summed E-state index contributed by atoms with van der Waals surface area (Å²) in [4.78, 5) is 29.3. The van der Waals surface area contributed by atoms with Crippen molar-refractivity contribution in [3.05, 3.63) is 11.7 Å². The van der Waals surface area contributed by atoms with Crippen molar-refractivity contribution in [1.82, 2.24) is 20.4 Å². The van der Waals surface area contributed by atoms with E-state index in [0.29, 0.717) is 31.1 Å². The molecule has 0 spiro atoms. The fourth-order valence-corrected chi connectivity index (χ4v) is 1.90. The molecule has 2 amide bonds. The van der Waals surface area contributed by atoms with Gasteiger partial charge in [-0.3, -0.25) is 9.59 Å². The smallest absolute Gasteiger partial charge is 0.246 e. The largest absolute Gasteiger partial charge is 0.344 e. The standard InChI is InChI=1S/C11H16N4O3/c1-3-8-11(17)15(5-4-9(16)13-8)6-10-12-7(2)14-18-10/h8H,3-6H2,1-2H3,(H,13,16). The normalized spacial score (nSPS) is 20.8. The SMILES string of the molecule is CCC1NC(=O)CCN(Cc2nc(C)no2)C1=O. The lowest BCUT2D eigenvalue weighted by Gasteiger charge is -2.21. The fourth-order valence-electron chi connectivity index (χ4n) is 1.90. The van der Waals surface area contributed by atoms with Crippen LogP contribution >= 0.6 is 0 Å². The number of hydrogen-bond acceptors (Lipinski definition) is 5. The van der Waals surface area contributed by atoms with Crippen molar-refractivity contribution in [3.8, 4) is 0 Å². The third-order valence-corrected chi connectivity index (χ3v) is 2.86. The molecule has 1 unspecified atom stereocenters. The first kappa shape index (κ1) is 12.5. The minimum atomic E-state index is -0.455. The van der Waals surface area contributed by atoms with Crippen LogP contribution in [0.25, 0.3) is 0 Å². The van der Waals surface area contributed by atoms with Crippen LogP contribution in [-0.2, 0) is 16.1 Å². The summed E-state index contributed by atoms with van der Waals surface area (Å²) in [7, 11) is 0. The van der Waals surface area contributed by atoms with Gasteiger partial charge in [0.15, 0.2) is 5.82 Å². The number of nitrogens with zero attached hydrogens (tertiary/aromatic N) is 3. The third kappa shape index (κ3) is 2.66. The summed E-state index contributed by atoms with van der Waals surface area (Å²) in [6.45, 7) is 4.22. The number of carbonyl (C=O) groups is 2. The van der Waals surface area contributed by atoms with Gasteiger partial charge in [-0.2, -0.15) is 4.98 Å². The van der Waals surface area contributed by atoms with E-state index in [4.69, 9.17) is 4.52 Å². The van der Waals surface area contributed by atoms with E-state index in [9.17, 15) is 9.59 Å². The predicted molar refractivity (Wildman–Crippen MR) is 61.3 cm³/mol. The molecule has 0 bridgehead atoms. The zero-order valence-corrected chi connectivity index (χ0v) is 10.5. The van der Waals surface area contributed by atoms with E-state index in [1.54, 1.807) is 11.8 Å². The van der Waals surface area contributed by atoms with E-state index >= 15 is 0 Å². The molecular weight excluding hydrogens is 236 g/mol. The maximum Gasteiger partial charge on any atom is 0.246 e. The van der Waals surface area contributed by atoms with Crippen LogP contribution in [0.1, 0.15) is 31.5 Å². The van der Waals surface area contributed by atoms with E-state index in [1.165, 1.54) is 0 Å². The zero-order chi connectivity index (χ0) is 13.1. The van der Waals surface area contributed by atoms with E-state index in [2.05, 4.69) is 15.5 Å². The van der Waals surface area contributed by atoms with E-state index < -0.39 is 6.04 Å². The molecule has 0 aromatic carbocycles. The highest BCUT2D eigenvalue weighted by molar-refractivity contribution is 5.89. The van der Waals surface area contributed by atoms with Crippen molar-refractivity contribution in [2.75, 3.05) is 6.54 Å². The molecule has 0 aliphatic carbocycles. The van der Waals surface area contributed by atoms with E-state index in [0.717, 1.165) is 0 Å². The molecule has 2 rings (SSSR count). The fraction of sp³-hybridized carbons (Fsp3) is 0.636. The average Bonchev–Trinajstić information content (AvgIpc) is 2.70. The Balaban J connectivity index is 2.10. The predicted octanol–water partition coefficient (Wildman–Crippen LogP) is 0.00512. The molecule has 1 aromatic rings. The molecule has 98 valence electrons. The Morgan fingerprint density at radius 3 is 2.89 bits per heavy atom. The van der Waals surface area contributed by atoms with Crippen LogP contribution in [0.3, 0.4) is 0 Å². The Hall–Kier alpha value is -1.92. The minimum Gasteiger partial charge on any atom is -0.344 e. The molecule has 7 nitrogen and oxygen atoms in total. The van der Waals surface area contributed by atoms with Gasteiger partial charge in [0.05, 0.1) is 0 Å². The summed E-state index contributed by atoms with van der Waals surface area (Å²) in [5.74, 6) is 0.733. The molecule has 1 aromatic heterocycles. The summed E-state index contributed by atoms with van der Waals surface area (Å²) in [5, 5.41) is 6.38. The second-order valence-electron chi connectivity index (χ2n) is 4.27. The lowest BCUT2D eigenvalue weighted by molar-refractivity contribution is -0.134. The molecule has 0 saturated carbocycles. The summed E-state index contributed by atoms with van der Waals surface area (Å²) in [5.41, 5.74) is 0. The molecule has 1 saturated heterocycles. The van der Waals surface area contributed by atoms with Crippen LogP contribution in [0.15, 0.2) is 4.52 Å². The van der Waals surface area contributed by atoms with Crippen molar-refractivity contribution in [1.29, 1.82) is 0 Å². The monoisotopic (exact) mass is 252 g/mol. The Morgan fingerprint density at radius 2 is 2.28 bits per heavy atom. The van der Waals surface area contributed by atoms with Crippen molar-refractivity contribution in [2.45, 2.75) is 39.3 Å². The van der Waals surface area contributed by atoms with Gasteiger partial charge >= 0.3 is 0 Å². The van der Waals surface area contributed by atoms with Gasteiger partial charge in [-0.25, -0.2) is 0 Å². The van der Waals surface area contributed by atoms with Crippen molar-refractivity contribution >= 4 is 11.8 Å². The highest BCUT2D eigenvalue weighted by Gasteiger charge is 2.29. The molecule has 1 aliphatic heterocycles. The number of rotatable bonds is 3. The number of hydrogen-bond donors (Lipinski definition) is 1. The maximum absolute atomic E-state index is 12.2. The van der Waals surface area contributed by atoms with Gasteiger partial charge in [-0.05, 0) is 13.3 Å². The van der Waals surface area contributed by atoms with Crippen molar-refractivity contribution in [3.63, 3.8) is 0 Å². The van der Waals surface area contributed by atoms with E-state index in [-0.39, 0.29) is 18.4 Å². The molecule has 0 radical (unpaired) electrons. The van der Waals surface area contributed by atoms with Crippen LogP contribution in [0, 0.1) is 6.92 Å². The first-order chi connectivity index (χ1) is 8.60. The summed E-state index contributed by atoms with van der Waals surface area (Å²) < 4.78 is 4.99. The van der Waals surface area contributed by atoms with Gasteiger partial charge in [0.1, 0.15) is 12.6 Å². The van der Waals surface area contributed by atoms with E-state index in [1.807, 2.05) is 6.92 Å². The number of carbonyl (C=O) groups excluding carboxylic acids is 2. The second-order valence-corrected chi connectivity index (χ2v) is 4.27. The van der Waals surface area contributed by atoms with Crippen LogP contribution in [0.2, 0.25) is 0 Å². The number of amides is 2. The van der Waals surface area contributed by atoms with Crippen molar-refractivity contribution in [2.24, 2.45) is 0 Å². The highest BCUT2D eigenvalue weighted by Crippen LogP contribution is 2.10. The Kier molecular flexibility index (Phi) is 3.59. The minimum absolute atomic E-state index is 0.0978. The molecule has 1 aliphatic rings. The number of aromatic nitrogens is 2. The van der Waals surface area contributed by atoms with Crippen LogP contribution in [-0.4, -0.2) is 39.4 Å². The van der Waals surface area contributed by atoms with Gasteiger partial charge in [-0.1, -0.05) is 12.1 Å². The van der Waals surface area contributed by atoms with Crippen LogP contribution in [0.4, 0.5) is 0 Å².